The minimum atomic E-state index is -0.444. The maximum Gasteiger partial charge on any atom is 0.350 e. The van der Waals surface area contributed by atoms with E-state index in [-0.39, 0.29) is 11.4 Å². The van der Waals surface area contributed by atoms with Gasteiger partial charge < -0.3 is 5.32 Å². The van der Waals surface area contributed by atoms with Gasteiger partial charge in [-0.05, 0) is 25.1 Å². The van der Waals surface area contributed by atoms with E-state index in [0.29, 0.717) is 18.9 Å². The first-order chi connectivity index (χ1) is 8.77. The zero-order valence-electron chi connectivity index (χ0n) is 9.77. The Balaban J connectivity index is 2.15. The first-order valence-corrected chi connectivity index (χ1v) is 5.92. The van der Waals surface area contributed by atoms with Crippen LogP contribution in [0.2, 0.25) is 0 Å². The summed E-state index contributed by atoms with van der Waals surface area (Å²) in [5.74, 6) is 0.210. The van der Waals surface area contributed by atoms with Crippen LogP contribution >= 0.6 is 0 Å². The number of rotatable bonds is 1. The SMILES string of the molecule is O=c1n(-c2ccccc2F)nc2n1CCCNC2. The Morgan fingerprint density at radius 2 is 2.17 bits per heavy atom. The monoisotopic (exact) mass is 248 g/mol. The van der Waals surface area contributed by atoms with Gasteiger partial charge in [-0.1, -0.05) is 12.1 Å². The molecule has 0 saturated carbocycles. The van der Waals surface area contributed by atoms with Gasteiger partial charge in [-0.15, -0.1) is 5.10 Å². The molecule has 5 nitrogen and oxygen atoms in total. The van der Waals surface area contributed by atoms with Crippen LogP contribution in [0.5, 0.6) is 0 Å². The summed E-state index contributed by atoms with van der Waals surface area (Å²) in [4.78, 5) is 12.2. The molecule has 0 aliphatic carbocycles. The van der Waals surface area contributed by atoms with Crippen molar-refractivity contribution in [1.29, 1.82) is 0 Å². The molecule has 1 aromatic carbocycles. The van der Waals surface area contributed by atoms with Crippen LogP contribution in [0.1, 0.15) is 12.2 Å². The van der Waals surface area contributed by atoms with Gasteiger partial charge in [0.1, 0.15) is 17.3 Å². The average Bonchev–Trinajstić information content (AvgIpc) is 2.56. The summed E-state index contributed by atoms with van der Waals surface area (Å²) >= 11 is 0. The van der Waals surface area contributed by atoms with Crippen molar-refractivity contribution < 1.29 is 4.39 Å². The molecule has 0 spiro atoms. The van der Waals surface area contributed by atoms with E-state index in [1.807, 2.05) is 0 Å². The van der Waals surface area contributed by atoms with Crippen molar-refractivity contribution in [1.82, 2.24) is 19.7 Å². The molecular formula is C12H13FN4O. The standard InChI is InChI=1S/C12H13FN4O/c13-9-4-1-2-5-10(9)17-12(18)16-7-3-6-14-8-11(16)15-17/h1-2,4-5,14H,3,6-8H2. The van der Waals surface area contributed by atoms with Crippen LogP contribution in [0.3, 0.4) is 0 Å². The summed E-state index contributed by atoms with van der Waals surface area (Å²) in [7, 11) is 0. The molecule has 0 amide bonds. The van der Waals surface area contributed by atoms with Crippen molar-refractivity contribution in [3.8, 4) is 5.69 Å². The zero-order chi connectivity index (χ0) is 12.5. The van der Waals surface area contributed by atoms with Gasteiger partial charge in [-0.3, -0.25) is 4.57 Å². The molecule has 0 atom stereocenters. The lowest BCUT2D eigenvalue weighted by Crippen LogP contribution is -2.24. The Labute approximate surface area is 103 Å². The molecule has 1 N–H and O–H groups in total. The lowest BCUT2D eigenvalue weighted by Gasteiger charge is -2.01. The summed E-state index contributed by atoms with van der Waals surface area (Å²) in [5, 5.41) is 7.39. The molecule has 3 rings (SSSR count). The van der Waals surface area contributed by atoms with Gasteiger partial charge in [0.15, 0.2) is 0 Å². The Morgan fingerprint density at radius 1 is 1.33 bits per heavy atom. The summed E-state index contributed by atoms with van der Waals surface area (Å²) < 4.78 is 16.4. The number of benzene rings is 1. The molecule has 94 valence electrons. The van der Waals surface area contributed by atoms with Crippen LogP contribution in [-0.4, -0.2) is 20.9 Å². The quantitative estimate of drug-likeness (QED) is 0.807. The summed E-state index contributed by atoms with van der Waals surface area (Å²) in [6.07, 6.45) is 0.871. The predicted octanol–water partition coefficient (Wildman–Crippen LogP) is 0.666. The van der Waals surface area contributed by atoms with Gasteiger partial charge in [-0.25, -0.2) is 9.18 Å². The molecule has 1 aliphatic heterocycles. The molecule has 0 unspecified atom stereocenters. The van der Waals surface area contributed by atoms with Gasteiger partial charge in [0.05, 0.1) is 6.54 Å². The van der Waals surface area contributed by atoms with Gasteiger partial charge in [-0.2, -0.15) is 4.68 Å². The van der Waals surface area contributed by atoms with Gasteiger partial charge in [0.2, 0.25) is 0 Å². The van der Waals surface area contributed by atoms with Crippen molar-refractivity contribution in [2.45, 2.75) is 19.5 Å². The fourth-order valence-electron chi connectivity index (χ4n) is 2.14. The summed E-state index contributed by atoms with van der Waals surface area (Å²) in [5.41, 5.74) is -0.0816. The van der Waals surface area contributed by atoms with Crippen LogP contribution < -0.4 is 11.0 Å². The highest BCUT2D eigenvalue weighted by atomic mass is 19.1. The number of nitrogens with zero attached hydrogens (tertiary/aromatic N) is 3. The van der Waals surface area contributed by atoms with Crippen LogP contribution in [0.15, 0.2) is 29.1 Å². The molecule has 1 aromatic heterocycles. The fraction of sp³-hybridized carbons (Fsp3) is 0.333. The number of nitrogens with one attached hydrogen (secondary N) is 1. The Kier molecular flexibility index (Phi) is 2.71. The molecule has 0 radical (unpaired) electrons. The van der Waals surface area contributed by atoms with E-state index in [2.05, 4.69) is 10.4 Å². The second-order valence-corrected chi connectivity index (χ2v) is 4.24. The van der Waals surface area contributed by atoms with E-state index in [1.165, 1.54) is 6.07 Å². The van der Waals surface area contributed by atoms with Crippen LogP contribution in [-0.2, 0) is 13.1 Å². The second-order valence-electron chi connectivity index (χ2n) is 4.24. The largest absolute Gasteiger partial charge is 0.350 e. The third kappa shape index (κ3) is 1.74. The molecule has 0 fully saturated rings. The molecule has 2 aromatic rings. The van der Waals surface area contributed by atoms with Crippen LogP contribution in [0, 0.1) is 5.82 Å². The highest BCUT2D eigenvalue weighted by Gasteiger charge is 2.17. The average molecular weight is 248 g/mol. The van der Waals surface area contributed by atoms with Crippen LogP contribution in [0.25, 0.3) is 5.69 Å². The van der Waals surface area contributed by atoms with Crippen molar-refractivity contribution in [2.24, 2.45) is 0 Å². The van der Waals surface area contributed by atoms with Crippen molar-refractivity contribution in [2.75, 3.05) is 6.54 Å². The number of hydrogen-bond donors (Lipinski definition) is 1. The van der Waals surface area contributed by atoms with E-state index in [9.17, 15) is 9.18 Å². The fourth-order valence-corrected chi connectivity index (χ4v) is 2.14. The zero-order valence-corrected chi connectivity index (χ0v) is 9.77. The molecule has 2 heterocycles. The lowest BCUT2D eigenvalue weighted by atomic mass is 10.3. The highest BCUT2D eigenvalue weighted by molar-refractivity contribution is 5.31. The highest BCUT2D eigenvalue weighted by Crippen LogP contribution is 2.10. The molecule has 0 bridgehead atoms. The number of halogens is 1. The molecule has 0 saturated heterocycles. The third-order valence-electron chi connectivity index (χ3n) is 3.04. The van der Waals surface area contributed by atoms with Gasteiger partial charge >= 0.3 is 5.69 Å². The molecular weight excluding hydrogens is 235 g/mol. The third-order valence-corrected chi connectivity index (χ3v) is 3.04. The van der Waals surface area contributed by atoms with E-state index in [1.54, 1.807) is 22.8 Å². The number of aromatic nitrogens is 3. The van der Waals surface area contributed by atoms with E-state index in [4.69, 9.17) is 0 Å². The van der Waals surface area contributed by atoms with Crippen molar-refractivity contribution in [3.63, 3.8) is 0 Å². The van der Waals surface area contributed by atoms with Crippen molar-refractivity contribution >= 4 is 0 Å². The van der Waals surface area contributed by atoms with E-state index >= 15 is 0 Å². The summed E-state index contributed by atoms with van der Waals surface area (Å²) in [6, 6.07) is 6.15. The number of fused-ring (bicyclic) bond motifs is 1. The normalized spacial score (nSPS) is 15.2. The Hall–Kier alpha value is -1.95. The maximum absolute atomic E-state index is 13.7. The second kappa shape index (κ2) is 4.38. The van der Waals surface area contributed by atoms with E-state index < -0.39 is 5.82 Å². The molecule has 18 heavy (non-hydrogen) atoms. The topological polar surface area (TPSA) is 51.9 Å². The van der Waals surface area contributed by atoms with Crippen LogP contribution in [0.4, 0.5) is 4.39 Å². The Morgan fingerprint density at radius 3 is 3.00 bits per heavy atom. The smallest absolute Gasteiger partial charge is 0.310 e. The van der Waals surface area contributed by atoms with Crippen molar-refractivity contribution in [3.05, 3.63) is 46.4 Å². The molecule has 1 aliphatic rings. The summed E-state index contributed by atoms with van der Waals surface area (Å²) in [6.45, 7) is 2.02. The maximum atomic E-state index is 13.7. The Bertz CT molecular complexity index is 631. The van der Waals surface area contributed by atoms with Gasteiger partial charge in [0, 0.05) is 6.54 Å². The van der Waals surface area contributed by atoms with Gasteiger partial charge in [0.25, 0.3) is 0 Å². The predicted molar refractivity (Wildman–Crippen MR) is 64.1 cm³/mol. The number of para-hydroxylation sites is 1. The minimum absolute atomic E-state index is 0.197. The first kappa shape index (κ1) is 11.2. The lowest BCUT2D eigenvalue weighted by molar-refractivity contribution is 0.593. The van der Waals surface area contributed by atoms with E-state index in [0.717, 1.165) is 17.6 Å². The first-order valence-electron chi connectivity index (χ1n) is 5.92. The minimum Gasteiger partial charge on any atom is -0.310 e. The molecule has 6 heteroatoms. The number of hydrogen-bond acceptors (Lipinski definition) is 3.